The number of hydrogen-bond acceptors (Lipinski definition) is 4. The van der Waals surface area contributed by atoms with E-state index in [-0.39, 0.29) is 5.41 Å². The Morgan fingerprint density at radius 2 is 1.56 bits per heavy atom. The van der Waals surface area contributed by atoms with Crippen molar-refractivity contribution < 1.29 is 0 Å². The van der Waals surface area contributed by atoms with E-state index >= 15 is 0 Å². The highest BCUT2D eigenvalue weighted by Gasteiger charge is 2.57. The molecule has 0 heterocycles. The van der Waals surface area contributed by atoms with Crippen molar-refractivity contribution in [1.82, 2.24) is 10.6 Å². The van der Waals surface area contributed by atoms with Crippen molar-refractivity contribution in [2.75, 3.05) is 19.6 Å². The summed E-state index contributed by atoms with van der Waals surface area (Å²) in [5.41, 5.74) is -1.51. The van der Waals surface area contributed by atoms with Gasteiger partial charge in [-0.15, -0.1) is 13.0 Å². The molecule has 0 radical (unpaired) electrons. The van der Waals surface area contributed by atoms with Crippen molar-refractivity contribution in [3.8, 4) is 24.5 Å². The largest absolute Gasteiger partial charge is 0.388 e. The van der Waals surface area contributed by atoms with Gasteiger partial charge in [0.2, 0.25) is 0 Å². The first-order valence-electron chi connectivity index (χ1n) is 12.5. The Kier molecular flexibility index (Phi) is 11.7. The van der Waals surface area contributed by atoms with E-state index in [0.29, 0.717) is 31.8 Å². The molecule has 0 amide bonds. The zero-order valence-electron chi connectivity index (χ0n) is 23.5. The van der Waals surface area contributed by atoms with Crippen LogP contribution < -0.4 is 10.6 Å². The molecule has 0 saturated heterocycles. The fourth-order valence-electron chi connectivity index (χ4n) is 4.86. The Morgan fingerprint density at radius 1 is 1.00 bits per heavy atom. The lowest BCUT2D eigenvalue weighted by Crippen LogP contribution is -2.53. The van der Waals surface area contributed by atoms with Gasteiger partial charge in [-0.2, -0.15) is 10.5 Å². The van der Waals surface area contributed by atoms with Crippen LogP contribution in [0.4, 0.5) is 0 Å². The Bertz CT molecular complexity index is 816. The van der Waals surface area contributed by atoms with Gasteiger partial charge in [-0.05, 0) is 62.8 Å². The molecule has 4 nitrogen and oxygen atoms in total. The standard InChI is InChI=1S/C30H50N4/c1-13-15-16-29(11,23-32)27(8,9)30(12,25(5)34-20-24(3)4)21-26(6,7)28(10,22-31)17-19-33-18-14-2/h2,13,24,33-34H,1,5,15-21H2,3-4,6-12H3. The van der Waals surface area contributed by atoms with Crippen LogP contribution in [-0.4, -0.2) is 19.6 Å². The summed E-state index contributed by atoms with van der Waals surface area (Å²) in [6.45, 7) is 29.8. The van der Waals surface area contributed by atoms with E-state index < -0.39 is 21.7 Å². The van der Waals surface area contributed by atoms with E-state index in [0.717, 1.165) is 25.1 Å². The molecule has 0 saturated carbocycles. The molecule has 0 aromatic heterocycles. The summed E-state index contributed by atoms with van der Waals surface area (Å²) in [7, 11) is 0. The van der Waals surface area contributed by atoms with Crippen molar-refractivity contribution in [1.29, 1.82) is 10.5 Å². The van der Waals surface area contributed by atoms with E-state index in [9.17, 15) is 10.5 Å². The van der Waals surface area contributed by atoms with Crippen LogP contribution in [0.2, 0.25) is 0 Å². The third-order valence-electron chi connectivity index (χ3n) is 8.81. The van der Waals surface area contributed by atoms with Crippen LogP contribution in [0.25, 0.3) is 0 Å². The van der Waals surface area contributed by atoms with Gasteiger partial charge < -0.3 is 10.6 Å². The minimum absolute atomic E-state index is 0.358. The predicted octanol–water partition coefficient (Wildman–Crippen LogP) is 6.83. The summed E-state index contributed by atoms with van der Waals surface area (Å²) >= 11 is 0. The van der Waals surface area contributed by atoms with Gasteiger partial charge in [-0.1, -0.05) is 67.0 Å². The molecule has 0 spiro atoms. The van der Waals surface area contributed by atoms with Crippen LogP contribution in [0.3, 0.4) is 0 Å². The second-order valence-electron chi connectivity index (χ2n) is 12.1. The maximum atomic E-state index is 10.4. The topological polar surface area (TPSA) is 71.6 Å². The first kappa shape index (κ1) is 31.8. The lowest BCUT2D eigenvalue weighted by Gasteiger charge is -2.57. The Hall–Kier alpha value is -2.22. The number of nitrogens with one attached hydrogen (secondary N) is 2. The molecule has 0 aromatic carbocycles. The molecule has 3 atom stereocenters. The number of allylic oxidation sites excluding steroid dienone is 2. The number of nitriles is 2. The van der Waals surface area contributed by atoms with E-state index in [1.807, 2.05) is 13.0 Å². The monoisotopic (exact) mass is 466 g/mol. The van der Waals surface area contributed by atoms with Crippen LogP contribution in [-0.2, 0) is 0 Å². The predicted molar refractivity (Wildman–Crippen MR) is 145 cm³/mol. The Labute approximate surface area is 211 Å². The summed E-state index contributed by atoms with van der Waals surface area (Å²) < 4.78 is 0. The van der Waals surface area contributed by atoms with Gasteiger partial charge >= 0.3 is 0 Å². The van der Waals surface area contributed by atoms with Gasteiger partial charge in [0.05, 0.1) is 29.5 Å². The fraction of sp³-hybridized carbons (Fsp3) is 0.733. The molecule has 4 heteroatoms. The van der Waals surface area contributed by atoms with Crippen molar-refractivity contribution in [2.45, 2.75) is 88.0 Å². The summed E-state index contributed by atoms with van der Waals surface area (Å²) in [5.74, 6) is 3.06. The van der Waals surface area contributed by atoms with Crippen molar-refractivity contribution in [2.24, 2.45) is 33.0 Å². The van der Waals surface area contributed by atoms with Gasteiger partial charge in [0.1, 0.15) is 0 Å². The molecular formula is C30H50N4. The Morgan fingerprint density at radius 3 is 2.00 bits per heavy atom. The highest BCUT2D eigenvalue weighted by atomic mass is 14.9. The molecule has 0 fully saturated rings. The lowest BCUT2D eigenvalue weighted by atomic mass is 9.46. The molecule has 0 aliphatic heterocycles. The summed E-state index contributed by atoms with van der Waals surface area (Å²) in [6, 6.07) is 5.28. The fourth-order valence-corrected chi connectivity index (χ4v) is 4.86. The minimum Gasteiger partial charge on any atom is -0.388 e. The van der Waals surface area contributed by atoms with E-state index in [2.05, 4.69) is 97.2 Å². The average molecular weight is 467 g/mol. The highest BCUT2D eigenvalue weighted by Crippen LogP contribution is 2.62. The summed E-state index contributed by atoms with van der Waals surface area (Å²) in [5, 5.41) is 27.5. The number of hydrogen-bond donors (Lipinski definition) is 2. The highest BCUT2D eigenvalue weighted by molar-refractivity contribution is 5.22. The first-order chi connectivity index (χ1) is 15.5. The van der Waals surface area contributed by atoms with E-state index in [4.69, 9.17) is 6.42 Å². The maximum Gasteiger partial charge on any atom is 0.0692 e. The molecule has 0 rings (SSSR count). The second-order valence-corrected chi connectivity index (χ2v) is 12.1. The molecule has 0 aliphatic rings. The van der Waals surface area contributed by atoms with Gasteiger partial charge in [0.25, 0.3) is 0 Å². The lowest BCUT2D eigenvalue weighted by molar-refractivity contribution is -0.0413. The molecule has 34 heavy (non-hydrogen) atoms. The number of rotatable bonds is 16. The molecule has 0 aliphatic carbocycles. The van der Waals surface area contributed by atoms with Gasteiger partial charge in [0.15, 0.2) is 0 Å². The van der Waals surface area contributed by atoms with Crippen molar-refractivity contribution in [3.63, 3.8) is 0 Å². The van der Waals surface area contributed by atoms with Crippen molar-refractivity contribution in [3.05, 3.63) is 24.9 Å². The third kappa shape index (κ3) is 6.90. The third-order valence-corrected chi connectivity index (χ3v) is 8.81. The SMILES string of the molecule is C#CCNCCC(C)(C#N)C(C)(C)CC(C)(C(=C)NCC(C)C)C(C)(C)C(C)(C#N)CCC=C. The van der Waals surface area contributed by atoms with Crippen molar-refractivity contribution >= 4 is 0 Å². The van der Waals surface area contributed by atoms with Gasteiger partial charge in [-0.25, -0.2) is 0 Å². The first-order valence-corrected chi connectivity index (χ1v) is 12.5. The minimum atomic E-state index is -0.605. The van der Waals surface area contributed by atoms with Crippen LogP contribution in [0.15, 0.2) is 24.9 Å². The average Bonchev–Trinajstić information content (AvgIpc) is 2.77. The summed E-state index contributed by atoms with van der Waals surface area (Å²) in [4.78, 5) is 0. The quantitative estimate of drug-likeness (QED) is 0.148. The molecule has 0 bridgehead atoms. The van der Waals surface area contributed by atoms with E-state index in [1.54, 1.807) is 0 Å². The molecule has 190 valence electrons. The van der Waals surface area contributed by atoms with Gasteiger partial charge in [0, 0.05) is 17.7 Å². The summed E-state index contributed by atoms with van der Waals surface area (Å²) in [6.07, 6.45) is 10.1. The number of nitrogens with zero attached hydrogens (tertiary/aromatic N) is 2. The van der Waals surface area contributed by atoms with Crippen LogP contribution in [0.5, 0.6) is 0 Å². The second kappa shape index (κ2) is 12.5. The van der Waals surface area contributed by atoms with Crippen LogP contribution >= 0.6 is 0 Å². The molecule has 3 unspecified atom stereocenters. The van der Waals surface area contributed by atoms with Crippen LogP contribution in [0, 0.1) is 68.0 Å². The van der Waals surface area contributed by atoms with E-state index in [1.165, 1.54) is 0 Å². The number of terminal acetylenes is 1. The normalized spacial score (nSPS) is 17.3. The van der Waals surface area contributed by atoms with Gasteiger partial charge in [-0.3, -0.25) is 0 Å². The molecular weight excluding hydrogens is 416 g/mol. The smallest absolute Gasteiger partial charge is 0.0692 e. The zero-order chi connectivity index (χ0) is 26.8. The zero-order valence-corrected chi connectivity index (χ0v) is 23.5. The molecule has 0 aromatic rings. The maximum absolute atomic E-state index is 10.4. The Balaban J connectivity index is 6.52. The van der Waals surface area contributed by atoms with Crippen LogP contribution in [0.1, 0.15) is 88.0 Å². The molecule has 2 N–H and O–H groups in total.